The highest BCUT2D eigenvalue weighted by Gasteiger charge is 2.20. The van der Waals surface area contributed by atoms with Crippen molar-refractivity contribution < 1.29 is 9.53 Å². The molecule has 0 bridgehead atoms. The van der Waals surface area contributed by atoms with E-state index < -0.39 is 5.25 Å². The number of anilines is 1. The minimum atomic E-state index is -0.418. The van der Waals surface area contributed by atoms with Crippen LogP contribution in [0, 0.1) is 6.92 Å². The molecule has 1 N–H and O–H groups in total. The minimum absolute atomic E-state index is 0.174. The molecular weight excluding hydrogens is 434 g/mol. The van der Waals surface area contributed by atoms with E-state index in [2.05, 4.69) is 20.4 Å². The first-order valence-electron chi connectivity index (χ1n) is 9.53. The number of rotatable bonds is 6. The summed E-state index contributed by atoms with van der Waals surface area (Å²) in [6, 6.07) is 13.2. The fraction of sp³-hybridized carbons (Fsp3) is 0.182. The number of halogens is 1. The molecule has 2 heterocycles. The average Bonchev–Trinajstić information content (AvgIpc) is 3.22. The van der Waals surface area contributed by atoms with Crippen LogP contribution in [0.2, 0.25) is 5.02 Å². The van der Waals surface area contributed by atoms with Crippen LogP contribution >= 0.6 is 23.4 Å². The number of thioether (sulfide) groups is 1. The van der Waals surface area contributed by atoms with Crippen LogP contribution in [-0.4, -0.2) is 38.0 Å². The Morgan fingerprint density at radius 3 is 2.74 bits per heavy atom. The number of aromatic nitrogens is 4. The number of carbonyl (C=O) groups excluding carboxylic acids is 1. The molecular formula is C22H20ClN5O2S. The summed E-state index contributed by atoms with van der Waals surface area (Å²) in [6.45, 7) is 3.70. The number of benzene rings is 2. The SMILES string of the molecule is COc1cc(Cl)c(C)cc1NC(=O)C(C)Sc1ncnc2c1cnn2-c1ccccc1. The number of carbonyl (C=O) groups is 1. The van der Waals surface area contributed by atoms with E-state index in [0.29, 0.717) is 27.1 Å². The summed E-state index contributed by atoms with van der Waals surface area (Å²) in [6.07, 6.45) is 3.21. The standard InChI is InChI=1S/C22H20ClN5O2S/c1-13-9-18(19(30-3)10-17(13)23)27-21(29)14(2)31-22-16-11-26-28(20(16)24-12-25-22)15-7-5-4-6-8-15/h4-12,14H,1-3H3,(H,27,29). The van der Waals surface area contributed by atoms with Gasteiger partial charge in [-0.05, 0) is 37.6 Å². The Balaban J connectivity index is 1.56. The third-order valence-electron chi connectivity index (χ3n) is 4.73. The van der Waals surface area contributed by atoms with Crippen LogP contribution in [0.4, 0.5) is 5.69 Å². The average molecular weight is 454 g/mol. The van der Waals surface area contributed by atoms with Crippen LogP contribution in [0.3, 0.4) is 0 Å². The highest BCUT2D eigenvalue weighted by Crippen LogP contribution is 2.33. The first-order chi connectivity index (χ1) is 15.0. The maximum atomic E-state index is 12.9. The van der Waals surface area contributed by atoms with E-state index in [-0.39, 0.29) is 5.91 Å². The summed E-state index contributed by atoms with van der Waals surface area (Å²) < 4.78 is 7.10. The summed E-state index contributed by atoms with van der Waals surface area (Å²) in [5, 5.41) is 9.02. The van der Waals surface area contributed by atoms with E-state index in [1.807, 2.05) is 44.2 Å². The largest absolute Gasteiger partial charge is 0.495 e. The van der Waals surface area contributed by atoms with Gasteiger partial charge in [-0.1, -0.05) is 41.6 Å². The van der Waals surface area contributed by atoms with Crippen molar-refractivity contribution in [3.8, 4) is 11.4 Å². The smallest absolute Gasteiger partial charge is 0.237 e. The lowest BCUT2D eigenvalue weighted by Gasteiger charge is -2.15. The molecule has 0 aliphatic carbocycles. The topological polar surface area (TPSA) is 81.9 Å². The molecule has 2 aromatic heterocycles. The highest BCUT2D eigenvalue weighted by molar-refractivity contribution is 8.00. The fourth-order valence-electron chi connectivity index (χ4n) is 3.06. The molecule has 31 heavy (non-hydrogen) atoms. The van der Waals surface area contributed by atoms with Crippen molar-refractivity contribution in [1.29, 1.82) is 0 Å². The van der Waals surface area contributed by atoms with Gasteiger partial charge in [-0.25, -0.2) is 14.6 Å². The first kappa shape index (κ1) is 21.1. The molecule has 0 aliphatic heterocycles. The van der Waals surface area contributed by atoms with Crippen LogP contribution in [-0.2, 0) is 4.79 Å². The molecule has 0 radical (unpaired) electrons. The van der Waals surface area contributed by atoms with Crippen LogP contribution < -0.4 is 10.1 Å². The minimum Gasteiger partial charge on any atom is -0.495 e. The van der Waals surface area contributed by atoms with Gasteiger partial charge in [0.1, 0.15) is 17.1 Å². The van der Waals surface area contributed by atoms with Gasteiger partial charge in [-0.15, -0.1) is 0 Å². The van der Waals surface area contributed by atoms with Crippen molar-refractivity contribution in [2.24, 2.45) is 0 Å². The molecule has 2 aromatic carbocycles. The number of hydrogen-bond acceptors (Lipinski definition) is 6. The molecule has 0 spiro atoms. The Morgan fingerprint density at radius 1 is 1.23 bits per heavy atom. The zero-order valence-corrected chi connectivity index (χ0v) is 18.7. The van der Waals surface area contributed by atoms with E-state index in [0.717, 1.165) is 16.6 Å². The number of nitrogens with one attached hydrogen (secondary N) is 1. The van der Waals surface area contributed by atoms with Gasteiger partial charge >= 0.3 is 0 Å². The lowest BCUT2D eigenvalue weighted by Crippen LogP contribution is -2.23. The lowest BCUT2D eigenvalue weighted by atomic mass is 10.2. The van der Waals surface area contributed by atoms with Gasteiger partial charge in [-0.2, -0.15) is 5.10 Å². The summed E-state index contributed by atoms with van der Waals surface area (Å²) in [5.74, 6) is 0.335. The normalized spacial score (nSPS) is 12.0. The number of para-hydroxylation sites is 1. The molecule has 1 amide bonds. The van der Waals surface area contributed by atoms with Crippen molar-refractivity contribution in [2.45, 2.75) is 24.1 Å². The van der Waals surface area contributed by atoms with E-state index in [9.17, 15) is 4.79 Å². The van der Waals surface area contributed by atoms with Gasteiger partial charge in [0.2, 0.25) is 5.91 Å². The summed E-state index contributed by atoms with van der Waals surface area (Å²) >= 11 is 7.50. The molecule has 1 unspecified atom stereocenters. The summed E-state index contributed by atoms with van der Waals surface area (Å²) in [5.41, 5.74) is 3.02. The third kappa shape index (κ3) is 4.35. The summed E-state index contributed by atoms with van der Waals surface area (Å²) in [4.78, 5) is 21.6. The van der Waals surface area contributed by atoms with Crippen LogP contribution in [0.15, 0.2) is 60.0 Å². The molecule has 158 valence electrons. The van der Waals surface area contributed by atoms with E-state index in [4.69, 9.17) is 16.3 Å². The van der Waals surface area contributed by atoms with E-state index >= 15 is 0 Å². The molecule has 1 atom stereocenters. The van der Waals surface area contributed by atoms with Gasteiger partial charge in [0.05, 0.1) is 35.3 Å². The molecule has 0 fully saturated rings. The van der Waals surface area contributed by atoms with Crippen LogP contribution in [0.1, 0.15) is 12.5 Å². The van der Waals surface area contributed by atoms with Gasteiger partial charge in [0.25, 0.3) is 0 Å². The number of fused-ring (bicyclic) bond motifs is 1. The number of nitrogens with zero attached hydrogens (tertiary/aromatic N) is 4. The van der Waals surface area contributed by atoms with Crippen molar-refractivity contribution in [1.82, 2.24) is 19.7 Å². The predicted molar refractivity (Wildman–Crippen MR) is 123 cm³/mol. The van der Waals surface area contributed by atoms with Crippen molar-refractivity contribution in [3.05, 3.63) is 65.6 Å². The van der Waals surface area contributed by atoms with Crippen molar-refractivity contribution in [3.63, 3.8) is 0 Å². The third-order valence-corrected chi connectivity index (χ3v) is 6.25. The zero-order valence-electron chi connectivity index (χ0n) is 17.2. The number of hydrogen-bond donors (Lipinski definition) is 1. The van der Waals surface area contributed by atoms with Gasteiger partial charge in [0.15, 0.2) is 5.65 Å². The molecule has 9 heteroatoms. The Hall–Kier alpha value is -3.10. The molecule has 4 aromatic rings. The quantitative estimate of drug-likeness (QED) is 0.330. The van der Waals surface area contributed by atoms with Crippen molar-refractivity contribution in [2.75, 3.05) is 12.4 Å². The highest BCUT2D eigenvalue weighted by atomic mass is 35.5. The van der Waals surface area contributed by atoms with E-state index in [1.54, 1.807) is 23.0 Å². The monoisotopic (exact) mass is 453 g/mol. The first-order valence-corrected chi connectivity index (χ1v) is 10.8. The number of aryl methyl sites for hydroxylation is 1. The molecule has 7 nitrogen and oxygen atoms in total. The number of methoxy groups -OCH3 is 1. The molecule has 0 saturated carbocycles. The molecule has 0 saturated heterocycles. The molecule has 4 rings (SSSR count). The Morgan fingerprint density at radius 2 is 2.00 bits per heavy atom. The lowest BCUT2D eigenvalue weighted by molar-refractivity contribution is -0.115. The predicted octanol–water partition coefficient (Wildman–Crippen LogP) is 4.91. The summed E-state index contributed by atoms with van der Waals surface area (Å²) in [7, 11) is 1.54. The number of ether oxygens (including phenoxy) is 1. The van der Waals surface area contributed by atoms with Crippen LogP contribution in [0.25, 0.3) is 16.7 Å². The second-order valence-electron chi connectivity index (χ2n) is 6.86. The molecule has 0 aliphatic rings. The Bertz CT molecular complexity index is 1250. The fourth-order valence-corrected chi connectivity index (χ4v) is 4.09. The zero-order chi connectivity index (χ0) is 22.0. The maximum Gasteiger partial charge on any atom is 0.237 e. The number of amides is 1. The Labute approximate surface area is 188 Å². The van der Waals surface area contributed by atoms with E-state index in [1.165, 1.54) is 25.2 Å². The van der Waals surface area contributed by atoms with Gasteiger partial charge in [-0.3, -0.25) is 4.79 Å². The second-order valence-corrected chi connectivity index (χ2v) is 8.60. The Kier molecular flexibility index (Phi) is 6.11. The van der Waals surface area contributed by atoms with Crippen LogP contribution in [0.5, 0.6) is 5.75 Å². The van der Waals surface area contributed by atoms with Gasteiger partial charge < -0.3 is 10.1 Å². The van der Waals surface area contributed by atoms with Crippen molar-refractivity contribution >= 4 is 46.0 Å². The second kappa shape index (κ2) is 8.95. The van der Waals surface area contributed by atoms with Gasteiger partial charge in [0, 0.05) is 11.1 Å². The maximum absolute atomic E-state index is 12.9.